The van der Waals surface area contributed by atoms with Crippen molar-refractivity contribution < 1.29 is 0 Å². The largest absolute Gasteiger partial charge is 0.371 e. The smallest absolute Gasteiger partial charge is 0.0448 e. The molecule has 0 aliphatic carbocycles. The Bertz CT molecular complexity index is 428. The lowest BCUT2D eigenvalue weighted by Crippen LogP contribution is -2.26. The maximum Gasteiger partial charge on any atom is 0.0448 e. The van der Waals surface area contributed by atoms with Crippen LogP contribution in [0.1, 0.15) is 49.6 Å². The summed E-state index contributed by atoms with van der Waals surface area (Å²) >= 11 is 0. The topological polar surface area (TPSA) is 42.2 Å². The number of anilines is 1. The minimum absolute atomic E-state index is 0.585. The lowest BCUT2D eigenvalue weighted by atomic mass is 9.98. The third-order valence-electron chi connectivity index (χ3n) is 4.41. The van der Waals surface area contributed by atoms with Crippen molar-refractivity contribution in [2.45, 2.75) is 53.0 Å². The zero-order chi connectivity index (χ0) is 13.8. The highest BCUT2D eigenvalue weighted by Crippen LogP contribution is 2.28. The van der Waals surface area contributed by atoms with Crippen LogP contribution in [0.3, 0.4) is 0 Å². The Kier molecular flexibility index (Phi) is 4.81. The van der Waals surface area contributed by atoms with E-state index in [-0.39, 0.29) is 0 Å². The summed E-state index contributed by atoms with van der Waals surface area (Å²) in [5.41, 5.74) is 10.7. The van der Waals surface area contributed by atoms with E-state index >= 15 is 0 Å². The van der Waals surface area contributed by atoms with Gasteiger partial charge in [0.25, 0.3) is 0 Å². The molecule has 106 valence electrons. The van der Waals surface area contributed by atoms with Gasteiger partial charge >= 0.3 is 0 Å². The van der Waals surface area contributed by atoms with Gasteiger partial charge in [0, 0.05) is 42.3 Å². The fraction of sp³-hybridized carbons (Fsp3) is 0.688. The van der Waals surface area contributed by atoms with Gasteiger partial charge in [0.2, 0.25) is 0 Å². The molecule has 1 unspecified atom stereocenters. The summed E-state index contributed by atoms with van der Waals surface area (Å²) in [5, 5.41) is 0. The molecule has 19 heavy (non-hydrogen) atoms. The van der Waals surface area contributed by atoms with Crippen LogP contribution in [0.2, 0.25) is 0 Å². The van der Waals surface area contributed by atoms with Crippen molar-refractivity contribution in [3.8, 4) is 0 Å². The van der Waals surface area contributed by atoms with E-state index in [0.29, 0.717) is 6.54 Å². The molecule has 2 rings (SSSR count). The van der Waals surface area contributed by atoms with Crippen LogP contribution >= 0.6 is 0 Å². The predicted molar refractivity (Wildman–Crippen MR) is 81.4 cm³/mol. The maximum atomic E-state index is 5.93. The quantitative estimate of drug-likeness (QED) is 0.908. The van der Waals surface area contributed by atoms with Crippen LogP contribution in [0.5, 0.6) is 0 Å². The molecule has 1 fully saturated rings. The van der Waals surface area contributed by atoms with Crippen LogP contribution in [0.25, 0.3) is 0 Å². The first-order valence-electron chi connectivity index (χ1n) is 7.57. The van der Waals surface area contributed by atoms with Crippen LogP contribution in [0.4, 0.5) is 5.69 Å². The van der Waals surface area contributed by atoms with Gasteiger partial charge in [-0.15, -0.1) is 0 Å². The summed E-state index contributed by atoms with van der Waals surface area (Å²) < 4.78 is 0. The summed E-state index contributed by atoms with van der Waals surface area (Å²) in [6.07, 6.45) is 5.28. The number of hydrogen-bond acceptors (Lipinski definition) is 3. The average Bonchev–Trinajstić information content (AvgIpc) is 2.63. The minimum Gasteiger partial charge on any atom is -0.371 e. The molecule has 3 nitrogen and oxygen atoms in total. The highest BCUT2D eigenvalue weighted by Gasteiger charge is 2.19. The molecule has 0 bridgehead atoms. The van der Waals surface area contributed by atoms with Gasteiger partial charge in [-0.2, -0.15) is 0 Å². The summed E-state index contributed by atoms with van der Waals surface area (Å²) in [6.45, 7) is 9.37. The van der Waals surface area contributed by atoms with Gasteiger partial charge in [0.15, 0.2) is 0 Å². The maximum absolute atomic E-state index is 5.93. The predicted octanol–water partition coefficient (Wildman–Crippen LogP) is 3.17. The van der Waals surface area contributed by atoms with Crippen molar-refractivity contribution in [1.82, 2.24) is 4.98 Å². The van der Waals surface area contributed by atoms with Crippen LogP contribution in [0.15, 0.2) is 6.07 Å². The van der Waals surface area contributed by atoms with E-state index in [1.165, 1.54) is 36.9 Å². The van der Waals surface area contributed by atoms with Crippen LogP contribution in [-0.4, -0.2) is 18.1 Å². The summed E-state index contributed by atoms with van der Waals surface area (Å²) in [4.78, 5) is 7.08. The SMILES string of the molecule is CCC1CCCN(c2cc(C)nc(C)c2CN)CC1. The van der Waals surface area contributed by atoms with Gasteiger partial charge in [-0.1, -0.05) is 13.3 Å². The fourth-order valence-electron chi connectivity index (χ4n) is 3.18. The zero-order valence-electron chi connectivity index (χ0n) is 12.6. The minimum atomic E-state index is 0.585. The molecule has 2 N–H and O–H groups in total. The molecular formula is C16H27N3. The van der Waals surface area contributed by atoms with E-state index in [1.54, 1.807) is 0 Å². The fourth-order valence-corrected chi connectivity index (χ4v) is 3.18. The number of aryl methyl sites for hydroxylation is 2. The van der Waals surface area contributed by atoms with Gasteiger partial charge < -0.3 is 10.6 Å². The lowest BCUT2D eigenvalue weighted by molar-refractivity contribution is 0.459. The first-order valence-corrected chi connectivity index (χ1v) is 7.57. The second-order valence-electron chi connectivity index (χ2n) is 5.74. The number of pyridine rings is 1. The first kappa shape index (κ1) is 14.3. The highest BCUT2D eigenvalue weighted by atomic mass is 15.1. The van der Waals surface area contributed by atoms with Gasteiger partial charge in [0.05, 0.1) is 0 Å². The number of nitrogens with zero attached hydrogens (tertiary/aromatic N) is 2. The van der Waals surface area contributed by atoms with Gasteiger partial charge in [0.1, 0.15) is 0 Å². The van der Waals surface area contributed by atoms with Crippen molar-refractivity contribution in [3.05, 3.63) is 23.0 Å². The first-order chi connectivity index (χ1) is 9.15. The van der Waals surface area contributed by atoms with E-state index in [9.17, 15) is 0 Å². The van der Waals surface area contributed by atoms with E-state index in [0.717, 1.165) is 30.4 Å². The van der Waals surface area contributed by atoms with E-state index in [2.05, 4.69) is 36.7 Å². The third kappa shape index (κ3) is 3.27. The molecule has 1 saturated heterocycles. The summed E-state index contributed by atoms with van der Waals surface area (Å²) in [6, 6.07) is 2.21. The molecule has 0 saturated carbocycles. The molecule has 2 heterocycles. The second-order valence-corrected chi connectivity index (χ2v) is 5.74. The summed E-state index contributed by atoms with van der Waals surface area (Å²) in [5.74, 6) is 0.898. The highest BCUT2D eigenvalue weighted by molar-refractivity contribution is 5.56. The number of nitrogens with two attached hydrogens (primary N) is 1. The lowest BCUT2D eigenvalue weighted by Gasteiger charge is -2.26. The Balaban J connectivity index is 2.25. The monoisotopic (exact) mass is 261 g/mol. The Hall–Kier alpha value is -1.09. The van der Waals surface area contributed by atoms with Crippen LogP contribution in [-0.2, 0) is 6.54 Å². The Labute approximate surface area is 117 Å². The van der Waals surface area contributed by atoms with Crippen molar-refractivity contribution in [3.63, 3.8) is 0 Å². The molecule has 1 aliphatic heterocycles. The molecule has 1 aromatic rings. The Morgan fingerprint density at radius 3 is 2.79 bits per heavy atom. The van der Waals surface area contributed by atoms with Crippen LogP contribution < -0.4 is 10.6 Å². The Morgan fingerprint density at radius 1 is 1.32 bits per heavy atom. The van der Waals surface area contributed by atoms with Crippen molar-refractivity contribution in [2.75, 3.05) is 18.0 Å². The molecule has 0 radical (unpaired) electrons. The molecule has 1 atom stereocenters. The van der Waals surface area contributed by atoms with Gasteiger partial charge in [-0.05, 0) is 45.1 Å². The standard InChI is InChI=1S/C16H27N3/c1-4-14-6-5-8-19(9-7-14)16-10-12(2)18-13(3)15(16)11-17/h10,14H,4-9,11,17H2,1-3H3. The molecule has 3 heteroatoms. The van der Waals surface area contributed by atoms with Gasteiger partial charge in [-0.3, -0.25) is 4.98 Å². The second kappa shape index (κ2) is 6.38. The van der Waals surface area contributed by atoms with E-state index in [1.807, 2.05) is 0 Å². The number of aromatic nitrogens is 1. The molecular weight excluding hydrogens is 234 g/mol. The molecule has 0 aromatic carbocycles. The number of rotatable bonds is 3. The number of hydrogen-bond donors (Lipinski definition) is 1. The molecule has 1 aromatic heterocycles. The van der Waals surface area contributed by atoms with Gasteiger partial charge in [-0.25, -0.2) is 0 Å². The zero-order valence-corrected chi connectivity index (χ0v) is 12.6. The average molecular weight is 261 g/mol. The normalized spacial score (nSPS) is 20.4. The summed E-state index contributed by atoms with van der Waals surface area (Å²) in [7, 11) is 0. The molecule has 0 spiro atoms. The van der Waals surface area contributed by atoms with Crippen molar-refractivity contribution in [2.24, 2.45) is 11.7 Å². The van der Waals surface area contributed by atoms with Crippen molar-refractivity contribution >= 4 is 5.69 Å². The third-order valence-corrected chi connectivity index (χ3v) is 4.41. The van der Waals surface area contributed by atoms with E-state index in [4.69, 9.17) is 5.73 Å². The Morgan fingerprint density at radius 2 is 2.11 bits per heavy atom. The molecule has 0 amide bonds. The van der Waals surface area contributed by atoms with Crippen molar-refractivity contribution in [1.29, 1.82) is 0 Å². The molecule has 1 aliphatic rings. The van der Waals surface area contributed by atoms with Crippen LogP contribution in [0, 0.1) is 19.8 Å². The van der Waals surface area contributed by atoms with E-state index < -0.39 is 0 Å².